The van der Waals surface area contributed by atoms with Crippen LogP contribution in [0.4, 0.5) is 0 Å². The number of likely N-dealkylation sites (tertiary alicyclic amines) is 1. The molecule has 2 fully saturated rings. The van der Waals surface area contributed by atoms with Gasteiger partial charge in [0.15, 0.2) is 0 Å². The maximum atomic E-state index is 9.40. The number of hydrogen-bond acceptors (Lipinski definition) is 4. The molecule has 2 saturated heterocycles. The predicted molar refractivity (Wildman–Crippen MR) is 91.5 cm³/mol. The first-order chi connectivity index (χ1) is 10.4. The summed E-state index contributed by atoms with van der Waals surface area (Å²) in [6.45, 7) is 6.18. The van der Waals surface area contributed by atoms with E-state index in [0.29, 0.717) is 0 Å². The summed E-state index contributed by atoms with van der Waals surface area (Å²) < 4.78 is 18.8. The summed E-state index contributed by atoms with van der Waals surface area (Å²) in [6.07, 6.45) is 3.71. The Morgan fingerprint density at radius 3 is 2.55 bits per heavy atom. The van der Waals surface area contributed by atoms with E-state index in [1.165, 1.54) is 44.6 Å². The van der Waals surface area contributed by atoms with E-state index < -0.39 is 9.05 Å². The fraction of sp³-hybridized carbons (Fsp3) is 0.625. The molecule has 2 aliphatic rings. The van der Waals surface area contributed by atoms with Gasteiger partial charge in [0, 0.05) is 30.3 Å². The molecule has 0 aliphatic carbocycles. The first kappa shape index (κ1) is 17.7. The maximum Gasteiger partial charge on any atom is 0.229 e. The molecule has 3 rings (SSSR count). The second-order valence-electron chi connectivity index (χ2n) is 6.23. The molecule has 1 aromatic carbocycles. The summed E-state index contributed by atoms with van der Waals surface area (Å²) in [7, 11) is 1.31. The zero-order valence-electron chi connectivity index (χ0n) is 13.0. The van der Waals surface area contributed by atoms with Crippen LogP contribution in [0.2, 0.25) is 0 Å². The average molecular weight is 345 g/mol. The van der Waals surface area contributed by atoms with Crippen LogP contribution in [-0.4, -0.2) is 45.8 Å². The zero-order valence-corrected chi connectivity index (χ0v) is 14.6. The van der Waals surface area contributed by atoms with Crippen molar-refractivity contribution in [3.63, 3.8) is 0 Å². The van der Waals surface area contributed by atoms with Crippen LogP contribution in [0.25, 0.3) is 0 Å². The van der Waals surface area contributed by atoms with Gasteiger partial charge < -0.3 is 5.32 Å². The molecule has 1 N–H and O–H groups in total. The molecule has 2 atom stereocenters. The Morgan fingerprint density at radius 2 is 1.86 bits per heavy atom. The summed E-state index contributed by atoms with van der Waals surface area (Å²) in [5, 5.41) is 3.58. The van der Waals surface area contributed by atoms with Crippen LogP contribution in [0.5, 0.6) is 0 Å². The van der Waals surface area contributed by atoms with Crippen LogP contribution >= 0.6 is 10.7 Å². The molecule has 2 heterocycles. The monoisotopic (exact) mass is 344 g/mol. The molecular formula is C16H25ClN2O2S. The molecule has 2 aliphatic heterocycles. The lowest BCUT2D eigenvalue weighted by Gasteiger charge is -2.16. The van der Waals surface area contributed by atoms with E-state index in [2.05, 4.69) is 51.2 Å². The molecule has 4 nitrogen and oxygen atoms in total. The molecule has 0 bridgehead atoms. The second kappa shape index (κ2) is 8.29. The zero-order chi connectivity index (χ0) is 16.0. The van der Waals surface area contributed by atoms with E-state index in [4.69, 9.17) is 0 Å². The van der Waals surface area contributed by atoms with Crippen molar-refractivity contribution in [3.8, 4) is 0 Å². The fourth-order valence-corrected chi connectivity index (χ4v) is 3.34. The molecule has 0 saturated carbocycles. The van der Waals surface area contributed by atoms with E-state index >= 15 is 0 Å². The van der Waals surface area contributed by atoms with Gasteiger partial charge in [-0.25, -0.2) is 8.42 Å². The number of fused-ring (bicyclic) bond motifs is 1. The van der Waals surface area contributed by atoms with Gasteiger partial charge in [-0.3, -0.25) is 4.90 Å². The van der Waals surface area contributed by atoms with Crippen LogP contribution in [0.3, 0.4) is 0 Å². The van der Waals surface area contributed by atoms with Crippen molar-refractivity contribution in [1.29, 1.82) is 0 Å². The minimum absolute atomic E-state index is 0.890. The van der Waals surface area contributed by atoms with Crippen molar-refractivity contribution in [3.05, 3.63) is 35.9 Å². The highest BCUT2D eigenvalue weighted by Crippen LogP contribution is 2.29. The van der Waals surface area contributed by atoms with Gasteiger partial charge in [-0.2, -0.15) is 0 Å². The normalized spacial score (nSPS) is 25.7. The molecule has 1 aromatic rings. The quantitative estimate of drug-likeness (QED) is 0.836. The Balaban J connectivity index is 0.000000309. The SMILES string of the molecule is CS(=O)(=O)Cl.c1ccc(CN2CC3CCCNCC3C2)cc1. The van der Waals surface area contributed by atoms with E-state index in [1.54, 1.807) is 0 Å². The van der Waals surface area contributed by atoms with Gasteiger partial charge in [-0.15, -0.1) is 0 Å². The van der Waals surface area contributed by atoms with Gasteiger partial charge in [0.2, 0.25) is 9.05 Å². The number of halogens is 1. The third kappa shape index (κ3) is 6.65. The molecule has 0 amide bonds. The van der Waals surface area contributed by atoms with Gasteiger partial charge in [-0.1, -0.05) is 30.3 Å². The van der Waals surface area contributed by atoms with Crippen LogP contribution in [0.1, 0.15) is 18.4 Å². The van der Waals surface area contributed by atoms with E-state index in [1.807, 2.05) is 0 Å². The van der Waals surface area contributed by atoms with Crippen molar-refractivity contribution in [1.82, 2.24) is 10.2 Å². The van der Waals surface area contributed by atoms with Gasteiger partial charge in [0.1, 0.15) is 0 Å². The first-order valence-electron chi connectivity index (χ1n) is 7.78. The van der Waals surface area contributed by atoms with Crippen molar-refractivity contribution < 1.29 is 8.42 Å². The molecule has 22 heavy (non-hydrogen) atoms. The molecule has 2 unspecified atom stereocenters. The lowest BCUT2D eigenvalue weighted by molar-refractivity contribution is 0.308. The number of hydrogen-bond donors (Lipinski definition) is 1. The Bertz CT molecular complexity index is 529. The van der Waals surface area contributed by atoms with Crippen molar-refractivity contribution in [2.45, 2.75) is 19.4 Å². The Kier molecular flexibility index (Phi) is 6.68. The molecule has 6 heteroatoms. The summed E-state index contributed by atoms with van der Waals surface area (Å²) in [6, 6.07) is 10.9. The maximum absolute atomic E-state index is 9.40. The number of nitrogens with one attached hydrogen (secondary N) is 1. The van der Waals surface area contributed by atoms with E-state index in [-0.39, 0.29) is 0 Å². The minimum Gasteiger partial charge on any atom is -0.316 e. The van der Waals surface area contributed by atoms with Gasteiger partial charge >= 0.3 is 0 Å². The minimum atomic E-state index is -3.19. The molecule has 0 aromatic heterocycles. The van der Waals surface area contributed by atoms with Gasteiger partial charge in [-0.05, 0) is 43.3 Å². The Labute approximate surface area is 138 Å². The number of rotatable bonds is 2. The van der Waals surface area contributed by atoms with E-state index in [0.717, 1.165) is 24.6 Å². The van der Waals surface area contributed by atoms with E-state index in [9.17, 15) is 8.42 Å². The van der Waals surface area contributed by atoms with Crippen molar-refractivity contribution in [2.24, 2.45) is 11.8 Å². The molecular weight excluding hydrogens is 320 g/mol. The predicted octanol–water partition coefficient (Wildman–Crippen LogP) is 2.30. The number of benzene rings is 1. The van der Waals surface area contributed by atoms with Crippen molar-refractivity contribution in [2.75, 3.05) is 32.4 Å². The van der Waals surface area contributed by atoms with Crippen LogP contribution in [0.15, 0.2) is 30.3 Å². The lowest BCUT2D eigenvalue weighted by Crippen LogP contribution is -2.26. The highest BCUT2D eigenvalue weighted by atomic mass is 35.7. The van der Waals surface area contributed by atoms with Crippen LogP contribution < -0.4 is 5.32 Å². The van der Waals surface area contributed by atoms with Crippen LogP contribution in [-0.2, 0) is 15.6 Å². The standard InChI is InChI=1S/C15H22N2.CH3ClO2S/c1-2-5-13(6-3-1)10-17-11-14-7-4-8-16-9-15(14)12-17;1-5(2,3)4/h1-3,5-6,14-16H,4,7-12H2;1H3. The lowest BCUT2D eigenvalue weighted by atomic mass is 9.93. The third-order valence-corrected chi connectivity index (χ3v) is 4.24. The van der Waals surface area contributed by atoms with Gasteiger partial charge in [0.05, 0.1) is 6.26 Å². The Hall–Kier alpha value is -0.620. The largest absolute Gasteiger partial charge is 0.316 e. The smallest absolute Gasteiger partial charge is 0.229 e. The number of nitrogens with zero attached hydrogens (tertiary/aromatic N) is 1. The molecule has 0 spiro atoms. The van der Waals surface area contributed by atoms with Crippen LogP contribution in [0, 0.1) is 11.8 Å². The third-order valence-electron chi connectivity index (χ3n) is 4.24. The summed E-state index contributed by atoms with van der Waals surface area (Å²) in [5.74, 6) is 1.83. The van der Waals surface area contributed by atoms with Crippen molar-refractivity contribution >= 4 is 19.7 Å². The highest BCUT2D eigenvalue weighted by molar-refractivity contribution is 8.13. The molecule has 0 radical (unpaired) electrons. The average Bonchev–Trinajstić information content (AvgIpc) is 2.67. The summed E-state index contributed by atoms with van der Waals surface area (Å²) in [5.41, 5.74) is 1.46. The first-order valence-corrected chi connectivity index (χ1v) is 10.5. The Morgan fingerprint density at radius 1 is 1.23 bits per heavy atom. The summed E-state index contributed by atoms with van der Waals surface area (Å²) >= 11 is 0. The van der Waals surface area contributed by atoms with Gasteiger partial charge in [0.25, 0.3) is 0 Å². The topological polar surface area (TPSA) is 49.4 Å². The molecule has 124 valence electrons. The highest BCUT2D eigenvalue weighted by Gasteiger charge is 2.32. The summed E-state index contributed by atoms with van der Waals surface area (Å²) in [4.78, 5) is 2.64. The fourth-order valence-electron chi connectivity index (χ4n) is 3.34. The second-order valence-corrected chi connectivity index (χ2v) is 9.27.